The van der Waals surface area contributed by atoms with E-state index in [2.05, 4.69) is 10.4 Å². The van der Waals surface area contributed by atoms with Crippen LogP contribution in [-0.4, -0.2) is 34.4 Å². The van der Waals surface area contributed by atoms with Crippen LogP contribution in [0.3, 0.4) is 0 Å². The number of benzene rings is 1. The molecular weight excluding hydrogens is 282 g/mol. The third-order valence-corrected chi connectivity index (χ3v) is 3.97. The van der Waals surface area contributed by atoms with Crippen molar-refractivity contribution in [3.05, 3.63) is 40.8 Å². The first-order valence-electron chi connectivity index (χ1n) is 7.51. The van der Waals surface area contributed by atoms with Crippen LogP contribution in [0, 0.1) is 0 Å². The first kappa shape index (κ1) is 14.7. The topological polar surface area (TPSA) is 73.2 Å². The Hall–Kier alpha value is -2.21. The summed E-state index contributed by atoms with van der Waals surface area (Å²) in [4.78, 5) is 24.4. The number of carbonyl (C=O) groups is 1. The average Bonchev–Trinajstić information content (AvgIpc) is 3.05. The largest absolute Gasteiger partial charge is 0.376 e. The van der Waals surface area contributed by atoms with E-state index in [0.29, 0.717) is 5.39 Å². The number of nitrogens with one attached hydrogen (secondary N) is 1. The molecule has 0 aliphatic carbocycles. The lowest BCUT2D eigenvalue weighted by atomic mass is 10.1. The van der Waals surface area contributed by atoms with Crippen molar-refractivity contribution in [3.8, 4) is 0 Å². The van der Waals surface area contributed by atoms with Crippen molar-refractivity contribution < 1.29 is 9.53 Å². The predicted molar refractivity (Wildman–Crippen MR) is 82.6 cm³/mol. The van der Waals surface area contributed by atoms with Crippen LogP contribution in [0.5, 0.6) is 0 Å². The van der Waals surface area contributed by atoms with Gasteiger partial charge in [0, 0.05) is 12.0 Å². The van der Waals surface area contributed by atoms with Crippen LogP contribution >= 0.6 is 0 Å². The molecule has 0 bridgehead atoms. The fraction of sp³-hybridized carbons (Fsp3) is 0.438. The summed E-state index contributed by atoms with van der Waals surface area (Å²) in [5.41, 5.74) is -0.252. The highest BCUT2D eigenvalue weighted by Crippen LogP contribution is 2.15. The summed E-state index contributed by atoms with van der Waals surface area (Å²) in [5.74, 6) is -0.229. The third kappa shape index (κ3) is 3.01. The molecule has 0 radical (unpaired) electrons. The van der Waals surface area contributed by atoms with E-state index in [1.54, 1.807) is 18.3 Å². The van der Waals surface area contributed by atoms with Gasteiger partial charge in [-0.15, -0.1) is 0 Å². The highest BCUT2D eigenvalue weighted by molar-refractivity contribution is 5.81. The van der Waals surface area contributed by atoms with E-state index in [4.69, 9.17) is 4.74 Å². The molecule has 2 aromatic rings. The molecule has 1 amide bonds. The molecule has 1 aliphatic rings. The Labute approximate surface area is 128 Å². The summed E-state index contributed by atoms with van der Waals surface area (Å²) >= 11 is 0. The Morgan fingerprint density at radius 3 is 3.09 bits per heavy atom. The van der Waals surface area contributed by atoms with Crippen LogP contribution in [0.2, 0.25) is 0 Å². The average molecular weight is 301 g/mol. The molecule has 0 unspecified atom stereocenters. The first-order chi connectivity index (χ1) is 10.6. The van der Waals surface area contributed by atoms with E-state index in [-0.39, 0.29) is 30.2 Å². The summed E-state index contributed by atoms with van der Waals surface area (Å²) in [7, 11) is 0. The monoisotopic (exact) mass is 301 g/mol. The van der Waals surface area contributed by atoms with Gasteiger partial charge in [0.1, 0.15) is 6.54 Å². The fourth-order valence-electron chi connectivity index (χ4n) is 2.77. The molecule has 1 aliphatic heterocycles. The number of amides is 1. The second kappa shape index (κ2) is 6.27. The Morgan fingerprint density at radius 2 is 2.32 bits per heavy atom. The number of ether oxygens (including phenoxy) is 1. The van der Waals surface area contributed by atoms with E-state index in [1.807, 2.05) is 19.1 Å². The second-order valence-corrected chi connectivity index (χ2v) is 5.60. The van der Waals surface area contributed by atoms with Gasteiger partial charge in [-0.2, -0.15) is 5.10 Å². The van der Waals surface area contributed by atoms with Gasteiger partial charge in [0.25, 0.3) is 5.56 Å². The number of carbonyl (C=O) groups excluding carboxylic acids is 1. The SMILES string of the molecule is C[C@H](NC(=O)Cn1ncc2ccccc2c1=O)[C@H]1CCCO1. The lowest BCUT2D eigenvalue weighted by Crippen LogP contribution is -2.43. The Morgan fingerprint density at radius 1 is 1.50 bits per heavy atom. The van der Waals surface area contributed by atoms with E-state index >= 15 is 0 Å². The van der Waals surface area contributed by atoms with Crippen LogP contribution in [0.15, 0.2) is 35.3 Å². The maximum absolute atomic E-state index is 12.3. The Kier molecular flexibility index (Phi) is 4.20. The molecule has 0 saturated carbocycles. The minimum Gasteiger partial charge on any atom is -0.376 e. The molecule has 0 spiro atoms. The minimum atomic E-state index is -0.252. The highest BCUT2D eigenvalue weighted by atomic mass is 16.5. The van der Waals surface area contributed by atoms with Crippen molar-refractivity contribution in [2.75, 3.05) is 6.61 Å². The van der Waals surface area contributed by atoms with Gasteiger partial charge in [-0.05, 0) is 25.8 Å². The zero-order valence-corrected chi connectivity index (χ0v) is 12.5. The fourth-order valence-corrected chi connectivity index (χ4v) is 2.77. The van der Waals surface area contributed by atoms with Gasteiger partial charge in [0.2, 0.25) is 5.91 Å². The second-order valence-electron chi connectivity index (χ2n) is 5.60. The van der Waals surface area contributed by atoms with E-state index in [9.17, 15) is 9.59 Å². The highest BCUT2D eigenvalue weighted by Gasteiger charge is 2.23. The first-order valence-corrected chi connectivity index (χ1v) is 7.51. The molecule has 1 fully saturated rings. The summed E-state index contributed by atoms with van der Waals surface area (Å²) in [6, 6.07) is 7.15. The van der Waals surface area contributed by atoms with Crippen molar-refractivity contribution >= 4 is 16.7 Å². The van der Waals surface area contributed by atoms with Gasteiger partial charge in [-0.3, -0.25) is 9.59 Å². The Bertz CT molecular complexity index is 735. The molecule has 116 valence electrons. The zero-order chi connectivity index (χ0) is 15.5. The van der Waals surface area contributed by atoms with Gasteiger partial charge in [0.05, 0.1) is 23.7 Å². The molecule has 1 saturated heterocycles. The zero-order valence-electron chi connectivity index (χ0n) is 12.5. The molecule has 2 atom stereocenters. The number of hydrogen-bond donors (Lipinski definition) is 1. The predicted octanol–water partition coefficient (Wildman–Crippen LogP) is 1.08. The molecule has 3 rings (SSSR count). The number of rotatable bonds is 4. The molecule has 22 heavy (non-hydrogen) atoms. The van der Waals surface area contributed by atoms with Crippen LogP contribution in [-0.2, 0) is 16.1 Å². The van der Waals surface area contributed by atoms with Crippen molar-refractivity contribution in [2.24, 2.45) is 0 Å². The Balaban J connectivity index is 1.71. The number of nitrogens with zero attached hydrogens (tertiary/aromatic N) is 2. The molecular formula is C16H19N3O3. The van der Waals surface area contributed by atoms with Gasteiger partial charge in [0.15, 0.2) is 0 Å². The smallest absolute Gasteiger partial charge is 0.275 e. The van der Waals surface area contributed by atoms with Crippen molar-refractivity contribution in [1.29, 1.82) is 0 Å². The number of aromatic nitrogens is 2. The maximum Gasteiger partial charge on any atom is 0.275 e. The number of hydrogen-bond acceptors (Lipinski definition) is 4. The van der Waals surface area contributed by atoms with Crippen LogP contribution < -0.4 is 10.9 Å². The lowest BCUT2D eigenvalue weighted by molar-refractivity contribution is -0.123. The summed E-state index contributed by atoms with van der Waals surface area (Å²) in [6.45, 7) is 2.59. The molecule has 1 N–H and O–H groups in total. The van der Waals surface area contributed by atoms with E-state index in [1.165, 1.54) is 4.68 Å². The third-order valence-electron chi connectivity index (χ3n) is 3.97. The van der Waals surface area contributed by atoms with Crippen molar-refractivity contribution in [1.82, 2.24) is 15.1 Å². The lowest BCUT2D eigenvalue weighted by Gasteiger charge is -2.20. The quantitative estimate of drug-likeness (QED) is 0.917. The summed E-state index contributed by atoms with van der Waals surface area (Å²) < 4.78 is 6.74. The van der Waals surface area contributed by atoms with E-state index in [0.717, 1.165) is 24.8 Å². The molecule has 6 heteroatoms. The van der Waals surface area contributed by atoms with Gasteiger partial charge < -0.3 is 10.1 Å². The molecule has 1 aromatic carbocycles. The molecule has 6 nitrogen and oxygen atoms in total. The normalized spacial score (nSPS) is 19.2. The number of fused-ring (bicyclic) bond motifs is 1. The summed E-state index contributed by atoms with van der Waals surface area (Å²) in [6.07, 6.45) is 3.64. The maximum atomic E-state index is 12.3. The van der Waals surface area contributed by atoms with Crippen LogP contribution in [0.25, 0.3) is 10.8 Å². The standard InChI is InChI=1S/C16H19N3O3/c1-11(14-7-4-8-22-14)18-15(20)10-19-16(21)13-6-3-2-5-12(13)9-17-19/h2-3,5-6,9,11,14H,4,7-8,10H2,1H3,(H,18,20)/t11-,14+/m0/s1. The van der Waals surface area contributed by atoms with Crippen molar-refractivity contribution in [2.45, 2.75) is 38.5 Å². The van der Waals surface area contributed by atoms with Crippen LogP contribution in [0.4, 0.5) is 0 Å². The molecule has 2 heterocycles. The van der Waals surface area contributed by atoms with Crippen molar-refractivity contribution in [3.63, 3.8) is 0 Å². The van der Waals surface area contributed by atoms with Crippen LogP contribution in [0.1, 0.15) is 19.8 Å². The van der Waals surface area contributed by atoms with Gasteiger partial charge >= 0.3 is 0 Å². The van der Waals surface area contributed by atoms with Gasteiger partial charge in [-0.25, -0.2) is 4.68 Å². The van der Waals surface area contributed by atoms with E-state index < -0.39 is 0 Å². The molecule has 1 aromatic heterocycles. The van der Waals surface area contributed by atoms with Gasteiger partial charge in [-0.1, -0.05) is 18.2 Å². The minimum absolute atomic E-state index is 0.0604. The summed E-state index contributed by atoms with van der Waals surface area (Å²) in [5, 5.41) is 8.29.